The number of nitriles is 1. The Kier molecular flexibility index (Phi) is 3.01. The molecule has 1 aromatic heterocycles. The topological polar surface area (TPSA) is 45.9 Å². The molecule has 0 bridgehead atoms. The fourth-order valence-corrected chi connectivity index (χ4v) is 1.55. The number of nitrogens with zero attached hydrogens (tertiary/aromatic N) is 2. The van der Waals surface area contributed by atoms with Crippen LogP contribution in [0.4, 0.5) is 4.39 Å². The summed E-state index contributed by atoms with van der Waals surface area (Å²) in [7, 11) is 1.47. The van der Waals surface area contributed by atoms with Crippen LogP contribution in [0.1, 0.15) is 5.56 Å². The molecule has 2 rings (SSSR count). The Morgan fingerprint density at radius 3 is 2.76 bits per heavy atom. The minimum Gasteiger partial charge on any atom is -0.497 e. The largest absolute Gasteiger partial charge is 0.497 e. The SMILES string of the molecule is COc1ccc(-c2cnccc2C#N)c(F)c1. The third kappa shape index (κ3) is 2.08. The third-order valence-corrected chi connectivity index (χ3v) is 2.41. The average Bonchev–Trinajstić information content (AvgIpc) is 2.38. The molecule has 1 aromatic carbocycles. The average molecular weight is 228 g/mol. The van der Waals surface area contributed by atoms with E-state index in [4.69, 9.17) is 10.00 Å². The van der Waals surface area contributed by atoms with Crippen molar-refractivity contribution in [2.24, 2.45) is 0 Å². The summed E-state index contributed by atoms with van der Waals surface area (Å²) >= 11 is 0. The first-order valence-corrected chi connectivity index (χ1v) is 4.94. The van der Waals surface area contributed by atoms with Gasteiger partial charge in [-0.2, -0.15) is 5.26 Å². The van der Waals surface area contributed by atoms with Crippen LogP contribution in [0, 0.1) is 17.1 Å². The maximum absolute atomic E-state index is 13.8. The van der Waals surface area contributed by atoms with Gasteiger partial charge in [0.25, 0.3) is 0 Å². The smallest absolute Gasteiger partial charge is 0.134 e. The van der Waals surface area contributed by atoms with E-state index in [2.05, 4.69) is 4.98 Å². The fourth-order valence-electron chi connectivity index (χ4n) is 1.55. The molecule has 4 heteroatoms. The highest BCUT2D eigenvalue weighted by molar-refractivity contribution is 5.70. The van der Waals surface area contributed by atoms with Gasteiger partial charge in [0.1, 0.15) is 11.6 Å². The highest BCUT2D eigenvalue weighted by Crippen LogP contribution is 2.27. The van der Waals surface area contributed by atoms with E-state index in [0.717, 1.165) is 0 Å². The monoisotopic (exact) mass is 228 g/mol. The van der Waals surface area contributed by atoms with E-state index in [-0.39, 0.29) is 0 Å². The second kappa shape index (κ2) is 4.62. The van der Waals surface area contributed by atoms with Crippen molar-refractivity contribution in [1.82, 2.24) is 4.98 Å². The molecule has 17 heavy (non-hydrogen) atoms. The highest BCUT2D eigenvalue weighted by Gasteiger charge is 2.10. The van der Waals surface area contributed by atoms with Crippen LogP contribution in [0.25, 0.3) is 11.1 Å². The van der Waals surface area contributed by atoms with Crippen molar-refractivity contribution >= 4 is 0 Å². The number of hydrogen-bond donors (Lipinski definition) is 0. The van der Waals surface area contributed by atoms with Gasteiger partial charge >= 0.3 is 0 Å². The summed E-state index contributed by atoms with van der Waals surface area (Å²) in [6.45, 7) is 0. The Labute approximate surface area is 98.1 Å². The number of rotatable bonds is 2. The van der Waals surface area contributed by atoms with Crippen LogP contribution in [0.5, 0.6) is 5.75 Å². The number of pyridine rings is 1. The molecule has 0 saturated carbocycles. The van der Waals surface area contributed by atoms with Crippen LogP contribution in [0.3, 0.4) is 0 Å². The van der Waals surface area contributed by atoms with Crippen LogP contribution in [-0.4, -0.2) is 12.1 Å². The zero-order chi connectivity index (χ0) is 12.3. The lowest BCUT2D eigenvalue weighted by Gasteiger charge is -2.06. The molecule has 0 aliphatic rings. The number of benzene rings is 1. The summed E-state index contributed by atoms with van der Waals surface area (Å²) in [5.74, 6) is 0.00231. The van der Waals surface area contributed by atoms with E-state index in [1.165, 1.54) is 25.6 Å². The van der Waals surface area contributed by atoms with E-state index >= 15 is 0 Å². The molecule has 1 heterocycles. The maximum atomic E-state index is 13.8. The summed E-state index contributed by atoms with van der Waals surface area (Å²) < 4.78 is 18.7. The normalized spacial score (nSPS) is 9.71. The lowest BCUT2D eigenvalue weighted by molar-refractivity contribution is 0.411. The Morgan fingerprint density at radius 2 is 2.12 bits per heavy atom. The van der Waals surface area contributed by atoms with Crippen molar-refractivity contribution in [3.05, 3.63) is 48.0 Å². The van der Waals surface area contributed by atoms with E-state index in [0.29, 0.717) is 22.4 Å². The van der Waals surface area contributed by atoms with Gasteiger partial charge in [-0.05, 0) is 18.2 Å². The summed E-state index contributed by atoms with van der Waals surface area (Å²) in [5.41, 5.74) is 1.22. The molecule has 0 saturated heterocycles. The van der Waals surface area contributed by atoms with Crippen molar-refractivity contribution in [2.45, 2.75) is 0 Å². The lowest BCUT2D eigenvalue weighted by Crippen LogP contribution is -1.91. The van der Waals surface area contributed by atoms with Gasteiger partial charge in [-0.1, -0.05) is 0 Å². The molecular formula is C13H9FN2O. The number of halogens is 1. The molecule has 0 atom stereocenters. The molecule has 84 valence electrons. The third-order valence-electron chi connectivity index (χ3n) is 2.41. The first kappa shape index (κ1) is 11.1. The summed E-state index contributed by atoms with van der Waals surface area (Å²) in [6.07, 6.45) is 2.98. The van der Waals surface area contributed by atoms with E-state index in [1.54, 1.807) is 18.2 Å². The maximum Gasteiger partial charge on any atom is 0.134 e. The lowest BCUT2D eigenvalue weighted by atomic mass is 10.0. The Hall–Kier alpha value is -2.41. The van der Waals surface area contributed by atoms with Crippen LogP contribution in [-0.2, 0) is 0 Å². The van der Waals surface area contributed by atoms with Gasteiger partial charge in [0, 0.05) is 29.6 Å². The zero-order valence-electron chi connectivity index (χ0n) is 9.14. The quantitative estimate of drug-likeness (QED) is 0.793. The van der Waals surface area contributed by atoms with Gasteiger partial charge in [0.2, 0.25) is 0 Å². The van der Waals surface area contributed by atoms with Crippen molar-refractivity contribution in [2.75, 3.05) is 7.11 Å². The second-order valence-corrected chi connectivity index (χ2v) is 3.38. The van der Waals surface area contributed by atoms with Crippen LogP contribution < -0.4 is 4.74 Å². The summed E-state index contributed by atoms with van der Waals surface area (Å²) in [6, 6.07) is 8.07. The Bertz CT molecular complexity index is 590. The predicted octanol–water partition coefficient (Wildman–Crippen LogP) is 2.77. The Balaban J connectivity index is 2.58. The number of aromatic nitrogens is 1. The van der Waals surface area contributed by atoms with E-state index in [9.17, 15) is 4.39 Å². The first-order chi connectivity index (χ1) is 8.26. The Morgan fingerprint density at radius 1 is 1.29 bits per heavy atom. The molecule has 0 spiro atoms. The van der Waals surface area contributed by atoms with Crippen molar-refractivity contribution in [3.8, 4) is 22.9 Å². The van der Waals surface area contributed by atoms with Gasteiger partial charge in [0.15, 0.2) is 0 Å². The number of ether oxygens (including phenoxy) is 1. The molecule has 2 aromatic rings. The van der Waals surface area contributed by atoms with E-state index < -0.39 is 5.82 Å². The number of hydrogen-bond acceptors (Lipinski definition) is 3. The van der Waals surface area contributed by atoms with Crippen LogP contribution in [0.2, 0.25) is 0 Å². The molecule has 0 aliphatic carbocycles. The summed E-state index contributed by atoms with van der Waals surface area (Å²) in [4.78, 5) is 3.90. The molecule has 0 radical (unpaired) electrons. The van der Waals surface area contributed by atoms with Crippen molar-refractivity contribution in [3.63, 3.8) is 0 Å². The molecule has 0 amide bonds. The van der Waals surface area contributed by atoms with Gasteiger partial charge in [-0.25, -0.2) is 4.39 Å². The van der Waals surface area contributed by atoms with Gasteiger partial charge < -0.3 is 4.74 Å². The molecular weight excluding hydrogens is 219 g/mol. The molecule has 3 nitrogen and oxygen atoms in total. The minimum atomic E-state index is -0.436. The second-order valence-electron chi connectivity index (χ2n) is 3.38. The van der Waals surface area contributed by atoms with Gasteiger partial charge in [-0.3, -0.25) is 4.98 Å². The van der Waals surface area contributed by atoms with Crippen LogP contribution >= 0.6 is 0 Å². The van der Waals surface area contributed by atoms with Crippen LogP contribution in [0.15, 0.2) is 36.7 Å². The first-order valence-electron chi connectivity index (χ1n) is 4.94. The standard InChI is InChI=1S/C13H9FN2O/c1-17-10-2-3-11(13(14)6-10)12-8-16-5-4-9(12)7-15/h2-6,8H,1H3. The van der Waals surface area contributed by atoms with Crippen molar-refractivity contribution in [1.29, 1.82) is 5.26 Å². The molecule has 0 N–H and O–H groups in total. The molecule has 0 fully saturated rings. The molecule has 0 aliphatic heterocycles. The summed E-state index contributed by atoms with van der Waals surface area (Å²) in [5, 5.41) is 8.95. The van der Waals surface area contributed by atoms with Crippen molar-refractivity contribution < 1.29 is 9.13 Å². The zero-order valence-corrected chi connectivity index (χ0v) is 9.14. The fraction of sp³-hybridized carbons (Fsp3) is 0.0769. The predicted molar refractivity (Wildman–Crippen MR) is 60.9 cm³/mol. The highest BCUT2D eigenvalue weighted by atomic mass is 19.1. The molecule has 0 unspecified atom stereocenters. The van der Waals surface area contributed by atoms with Gasteiger partial charge in [-0.15, -0.1) is 0 Å². The number of methoxy groups -OCH3 is 1. The van der Waals surface area contributed by atoms with Gasteiger partial charge in [0.05, 0.1) is 18.7 Å². The minimum absolute atomic E-state index is 0.343. The van der Waals surface area contributed by atoms with E-state index in [1.807, 2.05) is 6.07 Å².